The summed E-state index contributed by atoms with van der Waals surface area (Å²) >= 11 is 0. The first-order valence-corrected chi connectivity index (χ1v) is 9.55. The van der Waals surface area contributed by atoms with Gasteiger partial charge in [0.05, 0.1) is 12.0 Å². The molecule has 1 aromatic carbocycles. The zero-order valence-electron chi connectivity index (χ0n) is 15.6. The van der Waals surface area contributed by atoms with E-state index in [0.717, 1.165) is 62.8 Å². The van der Waals surface area contributed by atoms with Gasteiger partial charge >= 0.3 is 0 Å². The lowest BCUT2D eigenvalue weighted by molar-refractivity contribution is -0.137. The first kappa shape index (κ1) is 17.2. The molecule has 138 valence electrons. The fourth-order valence-electron chi connectivity index (χ4n) is 4.13. The number of piperidine rings is 1. The topological polar surface area (TPSA) is 63.1 Å². The van der Waals surface area contributed by atoms with Gasteiger partial charge in [0.2, 0.25) is 5.91 Å². The molecule has 26 heavy (non-hydrogen) atoms. The SMILES string of the molecule is CC(C)(C(=O)N1CCC(c2nnc3n2CCNC3)CC1)c1ccccc1. The molecule has 0 unspecified atom stereocenters. The van der Waals surface area contributed by atoms with Gasteiger partial charge in [0.1, 0.15) is 11.6 Å². The maximum Gasteiger partial charge on any atom is 0.232 e. The Balaban J connectivity index is 1.44. The van der Waals surface area contributed by atoms with E-state index in [1.165, 1.54) is 0 Å². The number of nitrogens with zero attached hydrogens (tertiary/aromatic N) is 4. The third-order valence-corrected chi connectivity index (χ3v) is 5.83. The third-order valence-electron chi connectivity index (χ3n) is 5.83. The van der Waals surface area contributed by atoms with Crippen molar-refractivity contribution in [1.29, 1.82) is 0 Å². The van der Waals surface area contributed by atoms with E-state index in [-0.39, 0.29) is 5.91 Å². The van der Waals surface area contributed by atoms with E-state index in [1.807, 2.05) is 49.1 Å². The average molecular weight is 353 g/mol. The lowest BCUT2D eigenvalue weighted by Crippen LogP contribution is -2.47. The molecular formula is C20H27N5O. The van der Waals surface area contributed by atoms with Gasteiger partial charge in [-0.05, 0) is 32.3 Å². The Hall–Kier alpha value is -2.21. The fraction of sp³-hybridized carbons (Fsp3) is 0.550. The van der Waals surface area contributed by atoms with Crippen molar-refractivity contribution in [2.45, 2.75) is 51.1 Å². The molecule has 2 aromatic rings. The second-order valence-corrected chi connectivity index (χ2v) is 7.86. The molecule has 0 aliphatic carbocycles. The van der Waals surface area contributed by atoms with Crippen molar-refractivity contribution in [2.24, 2.45) is 0 Å². The second kappa shape index (κ2) is 6.83. The first-order valence-electron chi connectivity index (χ1n) is 9.55. The summed E-state index contributed by atoms with van der Waals surface area (Å²) < 4.78 is 2.27. The first-order chi connectivity index (χ1) is 12.6. The largest absolute Gasteiger partial charge is 0.342 e. The number of hydrogen-bond donors (Lipinski definition) is 1. The Morgan fingerprint density at radius 3 is 2.58 bits per heavy atom. The maximum absolute atomic E-state index is 13.1. The monoisotopic (exact) mass is 353 g/mol. The number of amides is 1. The number of hydrogen-bond acceptors (Lipinski definition) is 4. The van der Waals surface area contributed by atoms with Crippen LogP contribution >= 0.6 is 0 Å². The quantitative estimate of drug-likeness (QED) is 0.917. The molecule has 1 fully saturated rings. The van der Waals surface area contributed by atoms with E-state index in [0.29, 0.717) is 5.92 Å². The lowest BCUT2D eigenvalue weighted by Gasteiger charge is -2.37. The van der Waals surface area contributed by atoms with Crippen molar-refractivity contribution in [2.75, 3.05) is 19.6 Å². The molecule has 6 nitrogen and oxygen atoms in total. The Morgan fingerprint density at radius 2 is 1.85 bits per heavy atom. The summed E-state index contributed by atoms with van der Waals surface area (Å²) in [6, 6.07) is 10.1. The summed E-state index contributed by atoms with van der Waals surface area (Å²) in [6.07, 6.45) is 1.92. The second-order valence-electron chi connectivity index (χ2n) is 7.86. The van der Waals surface area contributed by atoms with Crippen LogP contribution in [0.15, 0.2) is 30.3 Å². The molecule has 1 saturated heterocycles. The van der Waals surface area contributed by atoms with Gasteiger partial charge in [0, 0.05) is 32.1 Å². The molecule has 0 saturated carbocycles. The number of rotatable bonds is 3. The van der Waals surface area contributed by atoms with E-state index in [4.69, 9.17) is 0 Å². The van der Waals surface area contributed by atoms with E-state index < -0.39 is 5.41 Å². The average Bonchev–Trinajstić information content (AvgIpc) is 3.12. The van der Waals surface area contributed by atoms with Gasteiger partial charge in [-0.1, -0.05) is 30.3 Å². The molecule has 0 spiro atoms. The number of carbonyl (C=O) groups is 1. The van der Waals surface area contributed by atoms with Crippen molar-refractivity contribution in [1.82, 2.24) is 25.0 Å². The number of likely N-dealkylation sites (tertiary alicyclic amines) is 1. The van der Waals surface area contributed by atoms with Crippen LogP contribution in [0.3, 0.4) is 0 Å². The van der Waals surface area contributed by atoms with Crippen LogP contribution in [0.5, 0.6) is 0 Å². The predicted molar refractivity (Wildman–Crippen MR) is 99.8 cm³/mol. The van der Waals surface area contributed by atoms with E-state index in [1.54, 1.807) is 0 Å². The van der Waals surface area contributed by atoms with Crippen LogP contribution in [0.25, 0.3) is 0 Å². The summed E-state index contributed by atoms with van der Waals surface area (Å²) in [5, 5.41) is 12.1. The van der Waals surface area contributed by atoms with Crippen LogP contribution < -0.4 is 5.32 Å². The number of fused-ring (bicyclic) bond motifs is 1. The van der Waals surface area contributed by atoms with Crippen LogP contribution in [0.2, 0.25) is 0 Å². The van der Waals surface area contributed by atoms with E-state index >= 15 is 0 Å². The highest BCUT2D eigenvalue weighted by Gasteiger charge is 2.36. The summed E-state index contributed by atoms with van der Waals surface area (Å²) in [6.45, 7) is 8.35. The molecule has 2 aliphatic rings. The fourth-order valence-corrected chi connectivity index (χ4v) is 4.13. The Labute approximate surface area is 154 Å². The van der Waals surface area contributed by atoms with Gasteiger partial charge in [-0.15, -0.1) is 10.2 Å². The number of benzene rings is 1. The number of aromatic nitrogens is 3. The van der Waals surface area contributed by atoms with Crippen molar-refractivity contribution in [3.8, 4) is 0 Å². The Bertz CT molecular complexity index is 775. The van der Waals surface area contributed by atoms with Crippen LogP contribution in [-0.2, 0) is 23.3 Å². The predicted octanol–water partition coefficient (Wildman–Crippen LogP) is 2.07. The molecule has 6 heteroatoms. The van der Waals surface area contributed by atoms with Crippen molar-refractivity contribution < 1.29 is 4.79 Å². The van der Waals surface area contributed by atoms with E-state index in [2.05, 4.69) is 20.1 Å². The van der Waals surface area contributed by atoms with Crippen molar-refractivity contribution in [3.63, 3.8) is 0 Å². The standard InChI is InChI=1S/C20H27N5O/c1-20(2,16-6-4-3-5-7-16)19(26)24-11-8-15(9-12-24)18-23-22-17-14-21-10-13-25(17)18/h3-7,15,21H,8-14H2,1-2H3. The smallest absolute Gasteiger partial charge is 0.232 e. The zero-order valence-corrected chi connectivity index (χ0v) is 15.6. The van der Waals surface area contributed by atoms with Gasteiger partial charge in [0.25, 0.3) is 0 Å². The highest BCUT2D eigenvalue weighted by atomic mass is 16.2. The molecule has 1 amide bonds. The molecule has 2 aliphatic heterocycles. The normalized spacial score (nSPS) is 18.6. The van der Waals surface area contributed by atoms with Gasteiger partial charge < -0.3 is 14.8 Å². The molecule has 0 bridgehead atoms. The minimum Gasteiger partial charge on any atom is -0.342 e. The van der Waals surface area contributed by atoms with Gasteiger partial charge in [-0.25, -0.2) is 0 Å². The lowest BCUT2D eigenvalue weighted by atomic mass is 9.82. The van der Waals surface area contributed by atoms with Crippen LogP contribution in [-0.4, -0.2) is 45.2 Å². The Kier molecular flexibility index (Phi) is 4.53. The van der Waals surface area contributed by atoms with Gasteiger partial charge in [-0.2, -0.15) is 0 Å². The van der Waals surface area contributed by atoms with Crippen LogP contribution in [0.1, 0.15) is 49.8 Å². The molecule has 4 rings (SSSR count). The molecule has 1 N–H and O–H groups in total. The molecule has 0 atom stereocenters. The van der Waals surface area contributed by atoms with Crippen LogP contribution in [0, 0.1) is 0 Å². The molecule has 3 heterocycles. The van der Waals surface area contributed by atoms with Crippen molar-refractivity contribution in [3.05, 3.63) is 47.5 Å². The third kappa shape index (κ3) is 3.03. The summed E-state index contributed by atoms with van der Waals surface area (Å²) in [5.41, 5.74) is 0.583. The van der Waals surface area contributed by atoms with Gasteiger partial charge in [-0.3, -0.25) is 4.79 Å². The molecule has 1 aromatic heterocycles. The highest BCUT2D eigenvalue weighted by Crippen LogP contribution is 2.31. The Morgan fingerprint density at radius 1 is 1.12 bits per heavy atom. The highest BCUT2D eigenvalue weighted by molar-refractivity contribution is 5.87. The van der Waals surface area contributed by atoms with Crippen molar-refractivity contribution >= 4 is 5.91 Å². The summed E-state index contributed by atoms with van der Waals surface area (Å²) in [5.74, 6) is 2.76. The number of nitrogens with one attached hydrogen (secondary N) is 1. The molecular weight excluding hydrogens is 326 g/mol. The molecule has 0 radical (unpaired) electrons. The van der Waals surface area contributed by atoms with E-state index in [9.17, 15) is 4.79 Å². The zero-order chi connectivity index (χ0) is 18.1. The van der Waals surface area contributed by atoms with Crippen LogP contribution in [0.4, 0.5) is 0 Å². The minimum atomic E-state index is -0.492. The summed E-state index contributed by atoms with van der Waals surface area (Å²) in [4.78, 5) is 15.2. The number of carbonyl (C=O) groups excluding carboxylic acids is 1. The maximum atomic E-state index is 13.1. The summed E-state index contributed by atoms with van der Waals surface area (Å²) in [7, 11) is 0. The minimum absolute atomic E-state index is 0.217. The van der Waals surface area contributed by atoms with Gasteiger partial charge in [0.15, 0.2) is 0 Å².